The summed E-state index contributed by atoms with van der Waals surface area (Å²) in [6.07, 6.45) is 0. The molecule has 0 fully saturated rings. The normalized spacial score (nSPS) is 12.7. The average molecular weight is 429 g/mol. The average Bonchev–Trinajstić information content (AvgIpc) is 3.20. The molecule has 0 bridgehead atoms. The molecule has 1 atom stereocenters. The van der Waals surface area contributed by atoms with Crippen LogP contribution in [0.4, 0.5) is 0 Å². The number of benzene rings is 2. The zero-order valence-corrected chi connectivity index (χ0v) is 18.2. The summed E-state index contributed by atoms with van der Waals surface area (Å²) < 4.78 is 27.1. The minimum absolute atomic E-state index is 0.135. The number of amides is 1. The number of carbonyl (C=O) groups is 1. The van der Waals surface area contributed by atoms with E-state index < -0.39 is 10.0 Å². The maximum absolute atomic E-state index is 12.9. The van der Waals surface area contributed by atoms with Gasteiger partial charge in [0.15, 0.2) is 0 Å². The molecule has 7 heteroatoms. The van der Waals surface area contributed by atoms with Gasteiger partial charge in [-0.25, -0.2) is 13.1 Å². The molecule has 5 nitrogen and oxygen atoms in total. The van der Waals surface area contributed by atoms with Gasteiger partial charge in [0.1, 0.15) is 0 Å². The van der Waals surface area contributed by atoms with E-state index in [-0.39, 0.29) is 22.9 Å². The number of thiophene rings is 1. The fourth-order valence-corrected chi connectivity index (χ4v) is 4.96. The molecule has 0 aliphatic heterocycles. The van der Waals surface area contributed by atoms with Crippen LogP contribution in [0.3, 0.4) is 0 Å². The van der Waals surface area contributed by atoms with Gasteiger partial charge >= 0.3 is 0 Å². The van der Waals surface area contributed by atoms with E-state index in [9.17, 15) is 13.2 Å². The van der Waals surface area contributed by atoms with Crippen molar-refractivity contribution in [2.24, 2.45) is 0 Å². The molecule has 152 valence electrons. The largest absolute Gasteiger partial charge is 0.340 e. The number of rotatable bonds is 7. The Bertz CT molecular complexity index is 1060. The van der Waals surface area contributed by atoms with Gasteiger partial charge in [0.05, 0.1) is 10.9 Å². The van der Waals surface area contributed by atoms with Crippen molar-refractivity contribution in [2.45, 2.75) is 37.8 Å². The maximum Gasteiger partial charge on any atom is 0.252 e. The molecule has 29 heavy (non-hydrogen) atoms. The summed E-state index contributed by atoms with van der Waals surface area (Å²) in [5.41, 5.74) is 2.55. The van der Waals surface area contributed by atoms with Crippen LogP contribution < -0.4 is 10.0 Å². The van der Waals surface area contributed by atoms with Crippen molar-refractivity contribution in [3.05, 3.63) is 87.6 Å². The van der Waals surface area contributed by atoms with Crippen LogP contribution in [-0.2, 0) is 10.0 Å². The molecule has 2 aromatic carbocycles. The van der Waals surface area contributed by atoms with Crippen LogP contribution in [0.15, 0.2) is 70.9 Å². The minimum atomic E-state index is -3.59. The first-order valence-electron chi connectivity index (χ1n) is 9.29. The van der Waals surface area contributed by atoms with Crippen molar-refractivity contribution in [2.75, 3.05) is 0 Å². The Morgan fingerprint density at radius 1 is 0.966 bits per heavy atom. The zero-order valence-electron chi connectivity index (χ0n) is 16.5. The van der Waals surface area contributed by atoms with Crippen LogP contribution >= 0.6 is 11.3 Å². The number of hydrogen-bond acceptors (Lipinski definition) is 4. The highest BCUT2D eigenvalue weighted by atomic mass is 32.2. The Kier molecular flexibility index (Phi) is 6.52. The molecule has 0 saturated heterocycles. The van der Waals surface area contributed by atoms with E-state index >= 15 is 0 Å². The Labute approximate surface area is 175 Å². The van der Waals surface area contributed by atoms with Crippen LogP contribution in [0, 0.1) is 6.92 Å². The lowest BCUT2D eigenvalue weighted by Gasteiger charge is -2.18. The highest BCUT2D eigenvalue weighted by Gasteiger charge is 2.20. The first kappa shape index (κ1) is 21.2. The van der Waals surface area contributed by atoms with Gasteiger partial charge in [0.25, 0.3) is 5.91 Å². The van der Waals surface area contributed by atoms with Gasteiger partial charge in [0.2, 0.25) is 10.0 Å². The molecule has 1 unspecified atom stereocenters. The second-order valence-corrected chi connectivity index (χ2v) is 9.83. The summed E-state index contributed by atoms with van der Waals surface area (Å²) in [5.74, 6) is -0.259. The number of aryl methyl sites for hydroxylation is 1. The highest BCUT2D eigenvalue weighted by molar-refractivity contribution is 7.89. The molecule has 1 aromatic heterocycles. The summed E-state index contributed by atoms with van der Waals surface area (Å²) in [6, 6.07) is 17.5. The maximum atomic E-state index is 12.9. The van der Waals surface area contributed by atoms with E-state index in [4.69, 9.17) is 0 Å². The lowest BCUT2D eigenvalue weighted by atomic mass is 10.0. The molecule has 0 radical (unpaired) electrons. The molecular weight excluding hydrogens is 404 g/mol. The van der Waals surface area contributed by atoms with Crippen LogP contribution in [0.1, 0.15) is 46.3 Å². The molecule has 2 N–H and O–H groups in total. The van der Waals surface area contributed by atoms with Crippen molar-refractivity contribution in [3.63, 3.8) is 0 Å². The lowest BCUT2D eigenvalue weighted by molar-refractivity contribution is 0.0943. The highest BCUT2D eigenvalue weighted by Crippen LogP contribution is 2.27. The summed E-state index contributed by atoms with van der Waals surface area (Å²) in [6.45, 7) is 5.54. The second kappa shape index (κ2) is 8.90. The van der Waals surface area contributed by atoms with Crippen molar-refractivity contribution in [1.29, 1.82) is 0 Å². The van der Waals surface area contributed by atoms with Gasteiger partial charge in [-0.1, -0.05) is 35.9 Å². The molecule has 0 spiro atoms. The van der Waals surface area contributed by atoms with Gasteiger partial charge in [-0.3, -0.25) is 4.79 Å². The third-order valence-electron chi connectivity index (χ3n) is 4.33. The molecule has 3 aromatic rings. The molecular formula is C22H24N2O3S2. The fraction of sp³-hybridized carbons (Fsp3) is 0.227. The van der Waals surface area contributed by atoms with Crippen LogP contribution in [-0.4, -0.2) is 20.4 Å². The summed E-state index contributed by atoms with van der Waals surface area (Å²) in [4.78, 5) is 14.0. The SMILES string of the molecule is Cc1ccc(C(NC(=O)c2ccc(S(=O)(=O)NC(C)C)cc2)c2cccs2)cc1. The van der Waals surface area contributed by atoms with E-state index in [0.29, 0.717) is 5.56 Å². The summed E-state index contributed by atoms with van der Waals surface area (Å²) >= 11 is 1.58. The predicted molar refractivity (Wildman–Crippen MR) is 117 cm³/mol. The quantitative estimate of drug-likeness (QED) is 0.590. The van der Waals surface area contributed by atoms with E-state index in [1.54, 1.807) is 25.2 Å². The van der Waals surface area contributed by atoms with Gasteiger partial charge < -0.3 is 5.32 Å². The Balaban J connectivity index is 1.82. The van der Waals surface area contributed by atoms with E-state index in [0.717, 1.165) is 16.0 Å². The van der Waals surface area contributed by atoms with E-state index in [1.807, 2.05) is 48.7 Å². The number of nitrogens with one attached hydrogen (secondary N) is 2. The number of sulfonamides is 1. The Morgan fingerprint density at radius 2 is 1.62 bits per heavy atom. The monoisotopic (exact) mass is 428 g/mol. The molecule has 0 aliphatic carbocycles. The first-order chi connectivity index (χ1) is 13.8. The van der Waals surface area contributed by atoms with Crippen LogP contribution in [0.2, 0.25) is 0 Å². The fourth-order valence-electron chi connectivity index (χ4n) is 2.91. The van der Waals surface area contributed by atoms with E-state index in [2.05, 4.69) is 10.0 Å². The van der Waals surface area contributed by atoms with Crippen LogP contribution in [0.25, 0.3) is 0 Å². The number of carbonyl (C=O) groups excluding carboxylic acids is 1. The van der Waals surface area contributed by atoms with Gasteiger partial charge in [-0.15, -0.1) is 11.3 Å². The van der Waals surface area contributed by atoms with Crippen LogP contribution in [0.5, 0.6) is 0 Å². The zero-order chi connectivity index (χ0) is 21.0. The van der Waals surface area contributed by atoms with Gasteiger partial charge in [0, 0.05) is 16.5 Å². The molecule has 3 rings (SSSR count). The van der Waals surface area contributed by atoms with Crippen molar-refractivity contribution >= 4 is 27.3 Å². The summed E-state index contributed by atoms with van der Waals surface area (Å²) in [5, 5.41) is 5.04. The smallest absolute Gasteiger partial charge is 0.252 e. The first-order valence-corrected chi connectivity index (χ1v) is 11.7. The van der Waals surface area contributed by atoms with Gasteiger partial charge in [-0.05, 0) is 62.0 Å². The van der Waals surface area contributed by atoms with Crippen molar-refractivity contribution in [1.82, 2.24) is 10.0 Å². The lowest BCUT2D eigenvalue weighted by Crippen LogP contribution is -2.30. The topological polar surface area (TPSA) is 75.3 Å². The summed E-state index contributed by atoms with van der Waals surface area (Å²) in [7, 11) is -3.59. The molecule has 1 heterocycles. The van der Waals surface area contributed by atoms with E-state index in [1.165, 1.54) is 24.3 Å². The molecule has 0 saturated carbocycles. The second-order valence-electron chi connectivity index (χ2n) is 7.13. The molecule has 0 aliphatic rings. The van der Waals surface area contributed by atoms with Gasteiger partial charge in [-0.2, -0.15) is 0 Å². The Hall–Kier alpha value is -2.48. The molecule has 1 amide bonds. The standard InChI is InChI=1S/C22H24N2O3S2/c1-15(2)24-29(26,27)19-12-10-18(11-13-19)22(25)23-21(20-5-4-14-28-20)17-8-6-16(3)7-9-17/h4-15,21,24H,1-3H3,(H,23,25). The Morgan fingerprint density at radius 3 is 2.17 bits per heavy atom. The number of hydrogen-bond donors (Lipinski definition) is 2. The minimum Gasteiger partial charge on any atom is -0.340 e. The predicted octanol–water partition coefficient (Wildman–Crippen LogP) is 4.26. The third-order valence-corrected chi connectivity index (χ3v) is 6.94. The van der Waals surface area contributed by atoms with Crippen molar-refractivity contribution in [3.8, 4) is 0 Å². The third kappa shape index (κ3) is 5.32. The van der Waals surface area contributed by atoms with Crippen molar-refractivity contribution < 1.29 is 13.2 Å².